The molecule has 1 aromatic rings. The first-order valence-corrected chi connectivity index (χ1v) is 7.91. The lowest BCUT2D eigenvalue weighted by Crippen LogP contribution is -2.17. The SMILES string of the molecule is O=C1N=C2C=CC(c3cccc(OCC4CC4(F)F)c3Cl)C=C2N1. The van der Waals surface area contributed by atoms with Crippen molar-refractivity contribution in [3.05, 3.63) is 52.7 Å². The highest BCUT2D eigenvalue weighted by atomic mass is 35.5. The third-order valence-corrected chi connectivity index (χ3v) is 4.70. The maximum absolute atomic E-state index is 13.0. The fourth-order valence-electron chi connectivity index (χ4n) is 2.79. The lowest BCUT2D eigenvalue weighted by Gasteiger charge is -2.18. The van der Waals surface area contributed by atoms with Gasteiger partial charge in [-0.3, -0.25) is 0 Å². The van der Waals surface area contributed by atoms with Crippen LogP contribution in [0.3, 0.4) is 0 Å². The number of amides is 2. The number of hydrogen-bond donors (Lipinski definition) is 1. The predicted octanol–water partition coefficient (Wildman–Crippen LogP) is 4.08. The second-order valence-corrected chi connectivity index (χ2v) is 6.40. The van der Waals surface area contributed by atoms with Crippen LogP contribution in [0.5, 0.6) is 5.75 Å². The first kappa shape index (κ1) is 15.3. The Kier molecular flexibility index (Phi) is 3.46. The van der Waals surface area contributed by atoms with Gasteiger partial charge < -0.3 is 10.1 Å². The Labute approximate surface area is 141 Å². The molecule has 0 aromatic heterocycles. The monoisotopic (exact) mass is 350 g/mol. The number of urea groups is 1. The predicted molar refractivity (Wildman–Crippen MR) is 85.9 cm³/mol. The topological polar surface area (TPSA) is 50.7 Å². The smallest absolute Gasteiger partial charge is 0.346 e. The van der Waals surface area contributed by atoms with Crippen LogP contribution >= 0.6 is 11.6 Å². The summed E-state index contributed by atoms with van der Waals surface area (Å²) in [6.07, 6.45) is 5.35. The maximum atomic E-state index is 13.0. The molecule has 0 bridgehead atoms. The highest BCUT2D eigenvalue weighted by molar-refractivity contribution is 6.33. The number of halogens is 3. The van der Waals surface area contributed by atoms with E-state index in [4.69, 9.17) is 16.3 Å². The van der Waals surface area contributed by atoms with Crippen LogP contribution in [0.15, 0.2) is 47.1 Å². The van der Waals surface area contributed by atoms with E-state index in [1.165, 1.54) is 0 Å². The first-order chi connectivity index (χ1) is 11.4. The van der Waals surface area contributed by atoms with E-state index in [0.717, 1.165) is 5.56 Å². The molecule has 2 atom stereocenters. The van der Waals surface area contributed by atoms with Crippen molar-refractivity contribution in [3.63, 3.8) is 0 Å². The number of carbonyl (C=O) groups excluding carboxylic acids is 1. The van der Waals surface area contributed by atoms with Crippen LogP contribution < -0.4 is 10.1 Å². The molecule has 2 amide bonds. The molecule has 1 fully saturated rings. The van der Waals surface area contributed by atoms with E-state index in [-0.39, 0.29) is 18.9 Å². The van der Waals surface area contributed by atoms with E-state index in [9.17, 15) is 13.6 Å². The largest absolute Gasteiger partial charge is 0.491 e. The van der Waals surface area contributed by atoms with Crippen LogP contribution in [-0.2, 0) is 0 Å². The molecule has 1 aromatic carbocycles. The first-order valence-electron chi connectivity index (χ1n) is 7.53. The highest BCUT2D eigenvalue weighted by Crippen LogP contribution is 2.49. The van der Waals surface area contributed by atoms with Gasteiger partial charge in [-0.05, 0) is 23.8 Å². The third-order valence-electron chi connectivity index (χ3n) is 4.30. The molecule has 1 N–H and O–H groups in total. The number of alkyl halides is 2. The molecular weight excluding hydrogens is 338 g/mol. The average Bonchev–Trinajstić information content (AvgIpc) is 2.97. The Morgan fingerprint density at radius 2 is 2.21 bits per heavy atom. The molecule has 0 radical (unpaired) electrons. The summed E-state index contributed by atoms with van der Waals surface area (Å²) in [5.41, 5.74) is 2.02. The van der Waals surface area contributed by atoms with Gasteiger partial charge in [0.25, 0.3) is 5.92 Å². The molecule has 1 heterocycles. The number of fused-ring (bicyclic) bond motifs is 1. The molecule has 7 heteroatoms. The minimum Gasteiger partial charge on any atom is -0.491 e. The van der Waals surface area contributed by atoms with Crippen molar-refractivity contribution in [3.8, 4) is 5.75 Å². The van der Waals surface area contributed by atoms with E-state index < -0.39 is 17.9 Å². The maximum Gasteiger partial charge on any atom is 0.346 e. The van der Waals surface area contributed by atoms with Crippen LogP contribution in [0, 0.1) is 5.92 Å². The molecule has 4 rings (SSSR count). The number of ether oxygens (including phenoxy) is 1. The van der Waals surface area contributed by atoms with E-state index in [2.05, 4.69) is 10.3 Å². The van der Waals surface area contributed by atoms with E-state index >= 15 is 0 Å². The number of rotatable bonds is 4. The molecule has 0 spiro atoms. The zero-order valence-corrected chi connectivity index (χ0v) is 13.2. The van der Waals surface area contributed by atoms with Crippen molar-refractivity contribution in [1.82, 2.24) is 5.32 Å². The zero-order valence-electron chi connectivity index (χ0n) is 12.4. The summed E-state index contributed by atoms with van der Waals surface area (Å²) in [5.74, 6) is -3.12. The van der Waals surface area contributed by atoms with E-state index in [1.54, 1.807) is 18.2 Å². The summed E-state index contributed by atoms with van der Waals surface area (Å²) in [5, 5.41) is 3.04. The highest BCUT2D eigenvalue weighted by Gasteiger charge is 2.57. The molecule has 124 valence electrons. The zero-order chi connectivity index (χ0) is 16.9. The normalized spacial score (nSPS) is 26.4. The van der Waals surface area contributed by atoms with Crippen LogP contribution in [0.1, 0.15) is 17.9 Å². The van der Waals surface area contributed by atoms with Gasteiger partial charge in [-0.25, -0.2) is 13.6 Å². The number of nitrogens with zero attached hydrogens (tertiary/aromatic N) is 1. The summed E-state index contributed by atoms with van der Waals surface area (Å²) in [7, 11) is 0. The molecule has 1 saturated carbocycles. The van der Waals surface area contributed by atoms with Crippen LogP contribution in [0.2, 0.25) is 5.02 Å². The van der Waals surface area contributed by atoms with Gasteiger partial charge in [0.15, 0.2) is 0 Å². The Bertz CT molecular complexity index is 817. The Balaban J connectivity index is 1.54. The molecule has 4 nitrogen and oxygen atoms in total. The van der Waals surface area contributed by atoms with Crippen molar-refractivity contribution < 1.29 is 18.3 Å². The summed E-state index contributed by atoms with van der Waals surface area (Å²) in [6.45, 7) is -0.0510. The summed E-state index contributed by atoms with van der Waals surface area (Å²) >= 11 is 6.40. The van der Waals surface area contributed by atoms with Crippen LogP contribution in [0.25, 0.3) is 0 Å². The quantitative estimate of drug-likeness (QED) is 0.889. The van der Waals surface area contributed by atoms with Gasteiger partial charge in [0.2, 0.25) is 0 Å². The number of aliphatic imine (C=N–C) groups is 1. The van der Waals surface area contributed by atoms with Crippen LogP contribution in [-0.4, -0.2) is 24.3 Å². The minimum absolute atomic E-state index is 0.0510. The third kappa shape index (κ3) is 2.71. The fourth-order valence-corrected chi connectivity index (χ4v) is 3.10. The summed E-state index contributed by atoms with van der Waals surface area (Å²) in [6, 6.07) is 4.88. The lowest BCUT2D eigenvalue weighted by atomic mass is 9.92. The van der Waals surface area contributed by atoms with Crippen molar-refractivity contribution in [2.45, 2.75) is 18.3 Å². The summed E-state index contributed by atoms with van der Waals surface area (Å²) in [4.78, 5) is 15.1. The fraction of sp³-hybridized carbons (Fsp3) is 0.294. The Hall–Kier alpha value is -2.21. The van der Waals surface area contributed by atoms with Gasteiger partial charge in [0.05, 0.1) is 29.0 Å². The van der Waals surface area contributed by atoms with Gasteiger partial charge in [-0.15, -0.1) is 0 Å². The lowest BCUT2D eigenvalue weighted by molar-refractivity contribution is 0.0856. The molecule has 2 aliphatic carbocycles. The number of hydrogen-bond acceptors (Lipinski definition) is 2. The molecule has 24 heavy (non-hydrogen) atoms. The van der Waals surface area contributed by atoms with E-state index in [0.29, 0.717) is 22.2 Å². The van der Waals surface area contributed by atoms with Crippen molar-refractivity contribution in [2.24, 2.45) is 10.9 Å². The molecule has 0 saturated heterocycles. The van der Waals surface area contributed by atoms with E-state index in [1.807, 2.05) is 18.2 Å². The van der Waals surface area contributed by atoms with Gasteiger partial charge in [-0.2, -0.15) is 4.99 Å². The Morgan fingerprint density at radius 3 is 2.96 bits per heavy atom. The van der Waals surface area contributed by atoms with Crippen molar-refractivity contribution >= 4 is 23.3 Å². The number of benzene rings is 1. The van der Waals surface area contributed by atoms with Gasteiger partial charge >= 0.3 is 6.03 Å². The van der Waals surface area contributed by atoms with Gasteiger partial charge in [-0.1, -0.05) is 29.8 Å². The standard InChI is InChI=1S/C17H13ClF2N2O2/c18-15-11(9-4-5-12-13(6-9)22-16(23)21-12)2-1-3-14(15)24-8-10-7-17(10,19)20/h1-6,9-10H,7-8H2,(H,22,23). The van der Waals surface area contributed by atoms with Crippen molar-refractivity contribution in [1.29, 1.82) is 0 Å². The molecule has 3 aliphatic rings. The number of allylic oxidation sites excluding steroid dienone is 3. The number of nitrogens with one attached hydrogen (secondary N) is 1. The molecule has 2 unspecified atom stereocenters. The number of carbonyl (C=O) groups is 1. The van der Waals surface area contributed by atoms with Crippen molar-refractivity contribution in [2.75, 3.05) is 6.61 Å². The van der Waals surface area contributed by atoms with Gasteiger partial charge in [0.1, 0.15) is 5.75 Å². The molecule has 1 aliphatic heterocycles. The van der Waals surface area contributed by atoms with Gasteiger partial charge in [0, 0.05) is 12.3 Å². The minimum atomic E-state index is -2.61. The molecular formula is C17H13ClF2N2O2. The average molecular weight is 351 g/mol. The second-order valence-electron chi connectivity index (χ2n) is 6.02. The summed E-state index contributed by atoms with van der Waals surface area (Å²) < 4.78 is 31.4. The Morgan fingerprint density at radius 1 is 1.42 bits per heavy atom. The second kappa shape index (κ2) is 5.41. The van der Waals surface area contributed by atoms with Crippen LogP contribution in [0.4, 0.5) is 13.6 Å².